The minimum Gasteiger partial charge on any atom is -0.496 e. The number of fused-ring (bicyclic) bond motifs is 2. The highest BCUT2D eigenvalue weighted by Gasteiger charge is 2.13. The highest BCUT2D eigenvalue weighted by Crippen LogP contribution is 2.36. The fraction of sp³-hybridized carbons (Fsp3) is 0.0909. The molecule has 5 aromatic rings. The Hall–Kier alpha value is -3.60. The van der Waals surface area contributed by atoms with Crippen molar-refractivity contribution in [2.45, 2.75) is 6.92 Å². The largest absolute Gasteiger partial charge is 0.496 e. The summed E-state index contributed by atoms with van der Waals surface area (Å²) >= 11 is 0. The number of para-hydroxylation sites is 1. The van der Waals surface area contributed by atoms with E-state index in [1.54, 1.807) is 7.11 Å². The fourth-order valence-corrected chi connectivity index (χ4v) is 3.56. The van der Waals surface area contributed by atoms with Gasteiger partial charge in [0.05, 0.1) is 18.1 Å². The molecule has 0 spiro atoms. The topological polar surface area (TPSA) is 66.6 Å². The lowest BCUT2D eigenvalue weighted by Gasteiger charge is -2.08. The molecule has 0 saturated carbocycles. The molecule has 132 valence electrons. The number of pyridine rings is 1. The van der Waals surface area contributed by atoms with E-state index in [1.165, 1.54) is 0 Å². The van der Waals surface area contributed by atoms with Crippen LogP contribution in [0.3, 0.4) is 0 Å². The third-order valence-corrected chi connectivity index (χ3v) is 4.86. The molecule has 0 unspecified atom stereocenters. The third-order valence-electron chi connectivity index (χ3n) is 4.86. The smallest absolute Gasteiger partial charge is 0.137 e. The Morgan fingerprint density at radius 2 is 1.85 bits per heavy atom. The molecule has 0 bridgehead atoms. The second-order valence-electron chi connectivity index (χ2n) is 6.58. The predicted octanol–water partition coefficient (Wildman–Crippen LogP) is 5.09. The van der Waals surface area contributed by atoms with E-state index in [0.29, 0.717) is 0 Å². The maximum Gasteiger partial charge on any atom is 0.137 e. The number of aryl methyl sites for hydroxylation is 1. The molecule has 0 atom stereocenters. The molecule has 0 aliphatic rings. The predicted molar refractivity (Wildman–Crippen MR) is 108 cm³/mol. The first-order chi connectivity index (χ1) is 13.2. The summed E-state index contributed by atoms with van der Waals surface area (Å²) in [7, 11) is 1.69. The van der Waals surface area contributed by atoms with Gasteiger partial charge in [0.2, 0.25) is 0 Å². The number of aromatic nitrogens is 4. The average Bonchev–Trinajstić information content (AvgIpc) is 3.29. The number of imidazole rings is 1. The summed E-state index contributed by atoms with van der Waals surface area (Å²) in [6.07, 6.45) is 3.88. The van der Waals surface area contributed by atoms with Crippen LogP contribution >= 0.6 is 0 Å². The summed E-state index contributed by atoms with van der Waals surface area (Å²) in [4.78, 5) is 15.7. The molecule has 0 fully saturated rings. The van der Waals surface area contributed by atoms with E-state index in [0.717, 1.165) is 55.9 Å². The number of rotatable bonds is 3. The van der Waals surface area contributed by atoms with Crippen LogP contribution in [0.25, 0.3) is 44.3 Å². The van der Waals surface area contributed by atoms with Gasteiger partial charge >= 0.3 is 0 Å². The molecule has 0 saturated heterocycles. The average molecular weight is 354 g/mol. The summed E-state index contributed by atoms with van der Waals surface area (Å²) in [5.41, 5.74) is 7.13. The van der Waals surface area contributed by atoms with E-state index in [4.69, 9.17) is 4.74 Å². The van der Waals surface area contributed by atoms with Crippen molar-refractivity contribution in [2.24, 2.45) is 0 Å². The van der Waals surface area contributed by atoms with Gasteiger partial charge in [0, 0.05) is 34.5 Å². The second kappa shape index (κ2) is 5.99. The summed E-state index contributed by atoms with van der Waals surface area (Å²) in [6.45, 7) is 1.96. The van der Waals surface area contributed by atoms with Crippen molar-refractivity contribution in [3.8, 4) is 28.0 Å². The van der Waals surface area contributed by atoms with Crippen LogP contribution in [0.15, 0.2) is 60.9 Å². The van der Waals surface area contributed by atoms with Crippen molar-refractivity contribution < 1.29 is 4.74 Å². The molecule has 5 rings (SSSR count). The molecule has 3 heterocycles. The maximum atomic E-state index is 5.54. The van der Waals surface area contributed by atoms with E-state index in [-0.39, 0.29) is 0 Å². The lowest BCUT2D eigenvalue weighted by molar-refractivity contribution is 0.416. The van der Waals surface area contributed by atoms with Crippen molar-refractivity contribution in [1.82, 2.24) is 19.9 Å². The zero-order chi connectivity index (χ0) is 18.4. The van der Waals surface area contributed by atoms with Crippen molar-refractivity contribution in [1.29, 1.82) is 0 Å². The monoisotopic (exact) mass is 354 g/mol. The number of benzene rings is 2. The Morgan fingerprint density at radius 3 is 2.74 bits per heavy atom. The molecule has 0 aliphatic carbocycles. The molecule has 5 nitrogen and oxygen atoms in total. The number of aromatic amines is 2. The van der Waals surface area contributed by atoms with Crippen LogP contribution in [0.4, 0.5) is 0 Å². The molecular formula is C22H18N4O. The van der Waals surface area contributed by atoms with Gasteiger partial charge in [0.1, 0.15) is 17.2 Å². The maximum absolute atomic E-state index is 5.54. The molecule has 2 aromatic carbocycles. The normalized spacial score (nSPS) is 11.3. The first kappa shape index (κ1) is 15.6. The van der Waals surface area contributed by atoms with Gasteiger partial charge in [-0.2, -0.15) is 0 Å². The van der Waals surface area contributed by atoms with Crippen molar-refractivity contribution in [3.63, 3.8) is 0 Å². The Bertz CT molecular complexity index is 1280. The highest BCUT2D eigenvalue weighted by atomic mass is 16.5. The van der Waals surface area contributed by atoms with Crippen LogP contribution in [-0.2, 0) is 0 Å². The third kappa shape index (κ3) is 2.56. The van der Waals surface area contributed by atoms with Gasteiger partial charge in [-0.05, 0) is 36.8 Å². The summed E-state index contributed by atoms with van der Waals surface area (Å²) in [5.74, 6) is 1.76. The molecule has 3 aromatic heterocycles. The SMILES string of the molecule is COc1ccccc1-c1c[nH]c2ncc(-c3ccc4[nH]c(C)nc4c3)cc12. The van der Waals surface area contributed by atoms with Crippen molar-refractivity contribution >= 4 is 22.1 Å². The van der Waals surface area contributed by atoms with Gasteiger partial charge in [-0.15, -0.1) is 0 Å². The summed E-state index contributed by atoms with van der Waals surface area (Å²) < 4.78 is 5.54. The Morgan fingerprint density at radius 1 is 0.963 bits per heavy atom. The molecule has 0 radical (unpaired) electrons. The number of methoxy groups -OCH3 is 1. The number of hydrogen-bond donors (Lipinski definition) is 2. The minimum absolute atomic E-state index is 0.845. The van der Waals surface area contributed by atoms with E-state index < -0.39 is 0 Å². The summed E-state index contributed by atoms with van der Waals surface area (Å²) in [6, 6.07) is 16.4. The lowest BCUT2D eigenvalue weighted by atomic mass is 10.0. The van der Waals surface area contributed by atoms with E-state index >= 15 is 0 Å². The van der Waals surface area contributed by atoms with Crippen LogP contribution in [0.1, 0.15) is 5.82 Å². The standard InChI is InChI=1S/C22H18N4O/c1-13-25-19-8-7-14(10-20(19)26-13)15-9-17-18(12-24-22(17)23-11-15)16-5-3-4-6-21(16)27-2/h3-12H,1-2H3,(H,23,24)(H,25,26). The van der Waals surface area contributed by atoms with Gasteiger partial charge in [0.15, 0.2) is 0 Å². The number of hydrogen-bond acceptors (Lipinski definition) is 3. The van der Waals surface area contributed by atoms with E-state index in [9.17, 15) is 0 Å². The molecular weight excluding hydrogens is 336 g/mol. The molecule has 2 N–H and O–H groups in total. The zero-order valence-electron chi connectivity index (χ0n) is 15.1. The number of H-pyrrole nitrogens is 2. The fourth-order valence-electron chi connectivity index (χ4n) is 3.56. The number of nitrogens with one attached hydrogen (secondary N) is 2. The molecule has 27 heavy (non-hydrogen) atoms. The first-order valence-electron chi connectivity index (χ1n) is 8.80. The minimum atomic E-state index is 0.845. The van der Waals surface area contributed by atoms with Gasteiger partial charge in [-0.25, -0.2) is 9.97 Å². The number of ether oxygens (including phenoxy) is 1. The van der Waals surface area contributed by atoms with Crippen LogP contribution in [0.5, 0.6) is 5.75 Å². The number of nitrogens with zero attached hydrogens (tertiary/aromatic N) is 2. The molecule has 0 aliphatic heterocycles. The van der Waals surface area contributed by atoms with E-state index in [1.807, 2.05) is 37.5 Å². The Balaban J connectivity index is 1.68. The van der Waals surface area contributed by atoms with Gasteiger partial charge in [-0.3, -0.25) is 0 Å². The van der Waals surface area contributed by atoms with Gasteiger partial charge in [-0.1, -0.05) is 24.3 Å². The Kier molecular flexibility index (Phi) is 3.47. The van der Waals surface area contributed by atoms with Crippen LogP contribution < -0.4 is 4.74 Å². The van der Waals surface area contributed by atoms with Gasteiger partial charge in [0.25, 0.3) is 0 Å². The zero-order valence-corrected chi connectivity index (χ0v) is 15.1. The quantitative estimate of drug-likeness (QED) is 0.474. The highest BCUT2D eigenvalue weighted by molar-refractivity contribution is 5.97. The van der Waals surface area contributed by atoms with Gasteiger partial charge < -0.3 is 14.7 Å². The molecule has 0 amide bonds. The molecule has 5 heteroatoms. The van der Waals surface area contributed by atoms with Crippen molar-refractivity contribution in [3.05, 3.63) is 66.7 Å². The first-order valence-corrected chi connectivity index (χ1v) is 8.80. The van der Waals surface area contributed by atoms with Crippen molar-refractivity contribution in [2.75, 3.05) is 7.11 Å². The van der Waals surface area contributed by atoms with Crippen LogP contribution in [0.2, 0.25) is 0 Å². The van der Waals surface area contributed by atoms with Crippen LogP contribution in [0, 0.1) is 6.92 Å². The van der Waals surface area contributed by atoms with Crippen LogP contribution in [-0.4, -0.2) is 27.0 Å². The lowest BCUT2D eigenvalue weighted by Crippen LogP contribution is -1.87. The second-order valence-corrected chi connectivity index (χ2v) is 6.58. The van der Waals surface area contributed by atoms with E-state index in [2.05, 4.69) is 50.3 Å². The Labute approximate surface area is 156 Å². The summed E-state index contributed by atoms with van der Waals surface area (Å²) in [5, 5.41) is 1.07.